The lowest BCUT2D eigenvalue weighted by Gasteiger charge is -2.24. The van der Waals surface area contributed by atoms with E-state index in [9.17, 15) is 0 Å². The molecule has 1 nitrogen and oxygen atoms in total. The maximum Gasteiger partial charge on any atom is 0.0348 e. The van der Waals surface area contributed by atoms with Crippen LogP contribution in [-0.4, -0.2) is 12.6 Å². The third-order valence-electron chi connectivity index (χ3n) is 5.36. The van der Waals surface area contributed by atoms with Gasteiger partial charge >= 0.3 is 0 Å². The molecule has 0 saturated heterocycles. The van der Waals surface area contributed by atoms with E-state index in [0.29, 0.717) is 6.04 Å². The van der Waals surface area contributed by atoms with Crippen LogP contribution in [0.1, 0.15) is 45.1 Å². The van der Waals surface area contributed by atoms with Crippen molar-refractivity contribution in [2.24, 2.45) is 11.8 Å². The molecule has 0 spiro atoms. The van der Waals surface area contributed by atoms with Crippen LogP contribution in [0.5, 0.6) is 0 Å². The average molecular weight is 295 g/mol. The van der Waals surface area contributed by atoms with E-state index in [2.05, 4.69) is 61.6 Å². The minimum atomic E-state index is 0.580. The zero-order valence-corrected chi connectivity index (χ0v) is 14.0. The minimum absolute atomic E-state index is 0.580. The molecule has 3 atom stereocenters. The monoisotopic (exact) mass is 295 g/mol. The highest BCUT2D eigenvalue weighted by Crippen LogP contribution is 2.37. The van der Waals surface area contributed by atoms with Crippen molar-refractivity contribution in [1.82, 2.24) is 5.32 Å². The number of benzene rings is 1. The van der Waals surface area contributed by atoms with Crippen LogP contribution in [0.2, 0.25) is 0 Å². The molecule has 0 aromatic heterocycles. The van der Waals surface area contributed by atoms with Crippen LogP contribution in [0, 0.1) is 11.8 Å². The smallest absolute Gasteiger partial charge is 0.0348 e. The second-order valence-electron chi connectivity index (χ2n) is 7.03. The Morgan fingerprint density at radius 1 is 1.23 bits per heavy atom. The van der Waals surface area contributed by atoms with E-state index < -0.39 is 0 Å². The van der Waals surface area contributed by atoms with Crippen molar-refractivity contribution < 1.29 is 0 Å². The van der Waals surface area contributed by atoms with E-state index in [1.54, 1.807) is 11.1 Å². The van der Waals surface area contributed by atoms with Crippen LogP contribution >= 0.6 is 0 Å². The lowest BCUT2D eigenvalue weighted by atomic mass is 9.94. The first kappa shape index (κ1) is 15.6. The Bertz CT molecular complexity index is 540. The van der Waals surface area contributed by atoms with E-state index in [1.807, 2.05) is 0 Å². The van der Waals surface area contributed by atoms with Crippen LogP contribution < -0.4 is 5.32 Å². The summed E-state index contributed by atoms with van der Waals surface area (Å²) < 4.78 is 0. The first-order chi connectivity index (χ1) is 10.8. The standard InChI is InChI=1S/C21H29N/c1-3-17(14-18-9-5-4-6-10-18)15-22-21-16(2)13-19-11-7-8-12-20(19)21/h4-6,8-10,12,16-17,21-22H,3,7,11,13-15H2,1-2H3. The SMILES string of the molecule is CCC(CNC1C2=C(CCC=C2)CC1C)Cc1ccccc1. The predicted molar refractivity (Wildman–Crippen MR) is 94.9 cm³/mol. The molecule has 3 rings (SSSR count). The fourth-order valence-corrected chi connectivity index (χ4v) is 4.00. The van der Waals surface area contributed by atoms with Crippen LogP contribution in [-0.2, 0) is 6.42 Å². The van der Waals surface area contributed by atoms with Gasteiger partial charge in [0.25, 0.3) is 0 Å². The van der Waals surface area contributed by atoms with Gasteiger partial charge in [-0.1, -0.05) is 68.3 Å². The molecule has 0 saturated carbocycles. The van der Waals surface area contributed by atoms with Gasteiger partial charge in [0.2, 0.25) is 0 Å². The van der Waals surface area contributed by atoms with Crippen LogP contribution in [0.25, 0.3) is 0 Å². The Hall–Kier alpha value is -1.34. The third-order valence-corrected chi connectivity index (χ3v) is 5.36. The topological polar surface area (TPSA) is 12.0 Å². The second kappa shape index (κ2) is 7.28. The summed E-state index contributed by atoms with van der Waals surface area (Å²) in [5.41, 5.74) is 4.78. The maximum absolute atomic E-state index is 3.89. The summed E-state index contributed by atoms with van der Waals surface area (Å²) in [6.07, 6.45) is 11.0. The highest BCUT2D eigenvalue weighted by atomic mass is 14.9. The number of hydrogen-bond donors (Lipinski definition) is 1. The minimum Gasteiger partial charge on any atom is -0.309 e. The lowest BCUT2D eigenvalue weighted by Crippen LogP contribution is -2.37. The van der Waals surface area contributed by atoms with Crippen LogP contribution in [0.15, 0.2) is 53.6 Å². The van der Waals surface area contributed by atoms with Crippen molar-refractivity contribution in [3.8, 4) is 0 Å². The summed E-state index contributed by atoms with van der Waals surface area (Å²) >= 11 is 0. The Kier molecular flexibility index (Phi) is 5.15. The third kappa shape index (κ3) is 3.52. The van der Waals surface area contributed by atoms with Gasteiger partial charge < -0.3 is 5.32 Å². The maximum atomic E-state index is 3.89. The van der Waals surface area contributed by atoms with E-state index in [4.69, 9.17) is 0 Å². The van der Waals surface area contributed by atoms with E-state index in [1.165, 1.54) is 37.7 Å². The molecule has 2 aliphatic rings. The summed E-state index contributed by atoms with van der Waals surface area (Å²) in [4.78, 5) is 0. The highest BCUT2D eigenvalue weighted by molar-refractivity contribution is 5.39. The van der Waals surface area contributed by atoms with Gasteiger partial charge in [0, 0.05) is 6.04 Å². The quantitative estimate of drug-likeness (QED) is 0.787. The molecular weight excluding hydrogens is 266 g/mol. The molecule has 1 N–H and O–H groups in total. The summed E-state index contributed by atoms with van der Waals surface area (Å²) in [7, 11) is 0. The molecule has 22 heavy (non-hydrogen) atoms. The number of hydrogen-bond acceptors (Lipinski definition) is 1. The molecule has 0 heterocycles. The summed E-state index contributed by atoms with van der Waals surface area (Å²) in [6.45, 7) is 5.85. The zero-order chi connectivity index (χ0) is 15.4. The average Bonchev–Trinajstić information content (AvgIpc) is 2.88. The Morgan fingerprint density at radius 2 is 2.05 bits per heavy atom. The fourth-order valence-electron chi connectivity index (χ4n) is 4.00. The molecule has 1 aromatic carbocycles. The lowest BCUT2D eigenvalue weighted by molar-refractivity contribution is 0.389. The molecule has 0 bridgehead atoms. The van der Waals surface area contributed by atoms with Gasteiger partial charge in [-0.25, -0.2) is 0 Å². The molecular formula is C21H29N. The van der Waals surface area contributed by atoms with Gasteiger partial charge in [0.05, 0.1) is 0 Å². The van der Waals surface area contributed by atoms with Crippen molar-refractivity contribution in [2.45, 2.75) is 52.0 Å². The molecule has 3 unspecified atom stereocenters. The summed E-state index contributed by atoms with van der Waals surface area (Å²) in [5, 5.41) is 3.89. The predicted octanol–water partition coefficient (Wildman–Crippen LogP) is 4.90. The first-order valence-corrected chi connectivity index (χ1v) is 8.93. The molecule has 0 aliphatic heterocycles. The van der Waals surface area contributed by atoms with Crippen molar-refractivity contribution in [3.63, 3.8) is 0 Å². The Labute approximate surface area is 135 Å². The Balaban J connectivity index is 1.58. The van der Waals surface area contributed by atoms with Crippen molar-refractivity contribution in [1.29, 1.82) is 0 Å². The van der Waals surface area contributed by atoms with E-state index in [0.717, 1.165) is 18.4 Å². The number of allylic oxidation sites excluding steroid dienone is 2. The van der Waals surface area contributed by atoms with Crippen LogP contribution in [0.4, 0.5) is 0 Å². The second-order valence-corrected chi connectivity index (χ2v) is 7.03. The molecule has 1 aromatic rings. The molecule has 0 amide bonds. The molecule has 1 heteroatoms. The molecule has 118 valence electrons. The van der Waals surface area contributed by atoms with Gasteiger partial charge in [-0.05, 0) is 55.2 Å². The first-order valence-electron chi connectivity index (χ1n) is 8.93. The zero-order valence-electron chi connectivity index (χ0n) is 14.0. The van der Waals surface area contributed by atoms with Gasteiger partial charge in [0.1, 0.15) is 0 Å². The molecule has 0 fully saturated rings. The fraction of sp³-hybridized carbons (Fsp3) is 0.524. The highest BCUT2D eigenvalue weighted by Gasteiger charge is 2.31. The molecule has 0 radical (unpaired) electrons. The largest absolute Gasteiger partial charge is 0.309 e. The Morgan fingerprint density at radius 3 is 2.82 bits per heavy atom. The summed E-state index contributed by atoms with van der Waals surface area (Å²) in [5.74, 6) is 1.48. The van der Waals surface area contributed by atoms with Crippen molar-refractivity contribution in [2.75, 3.05) is 6.54 Å². The van der Waals surface area contributed by atoms with Crippen molar-refractivity contribution >= 4 is 0 Å². The summed E-state index contributed by atoms with van der Waals surface area (Å²) in [6, 6.07) is 11.5. The van der Waals surface area contributed by atoms with Gasteiger partial charge in [-0.2, -0.15) is 0 Å². The van der Waals surface area contributed by atoms with Crippen LogP contribution in [0.3, 0.4) is 0 Å². The van der Waals surface area contributed by atoms with E-state index >= 15 is 0 Å². The molecule has 2 aliphatic carbocycles. The van der Waals surface area contributed by atoms with Crippen molar-refractivity contribution in [3.05, 3.63) is 59.2 Å². The van der Waals surface area contributed by atoms with E-state index in [-0.39, 0.29) is 0 Å². The number of rotatable bonds is 6. The normalized spacial score (nSPS) is 25.4. The van der Waals surface area contributed by atoms with Gasteiger partial charge in [-0.3, -0.25) is 0 Å². The van der Waals surface area contributed by atoms with Gasteiger partial charge in [0.15, 0.2) is 0 Å². The van der Waals surface area contributed by atoms with Gasteiger partial charge in [-0.15, -0.1) is 0 Å². The number of nitrogens with one attached hydrogen (secondary N) is 1.